The van der Waals surface area contributed by atoms with Crippen LogP contribution in [0.1, 0.15) is 31.1 Å². The molecule has 1 atom stereocenters. The number of aliphatic hydroxyl groups excluding tert-OH is 1. The SMILES string of the molecule is CN(C)c1ccc(C(=O)NCC(O)COS(C)(C)C(C)(C)C)cc1. The first-order valence-corrected chi connectivity index (χ1v) is 10.4. The van der Waals surface area contributed by atoms with Crippen molar-refractivity contribution in [2.45, 2.75) is 31.6 Å². The van der Waals surface area contributed by atoms with Crippen LogP contribution in [0.25, 0.3) is 0 Å². The zero-order valence-corrected chi connectivity index (χ0v) is 16.7. The van der Waals surface area contributed by atoms with Gasteiger partial charge in [0.1, 0.15) is 0 Å². The molecule has 0 fully saturated rings. The maximum atomic E-state index is 12.1. The van der Waals surface area contributed by atoms with E-state index >= 15 is 0 Å². The fourth-order valence-corrected chi connectivity index (χ4v) is 2.56. The largest absolute Gasteiger partial charge is 0.389 e. The molecular formula is C18H32N2O3S. The van der Waals surface area contributed by atoms with Crippen molar-refractivity contribution in [2.24, 2.45) is 0 Å². The zero-order chi connectivity index (χ0) is 18.5. The zero-order valence-electron chi connectivity index (χ0n) is 15.9. The summed E-state index contributed by atoms with van der Waals surface area (Å²) in [5.41, 5.74) is 1.61. The molecule has 0 aromatic heterocycles. The van der Waals surface area contributed by atoms with Gasteiger partial charge in [-0.25, -0.2) is 0 Å². The Balaban J connectivity index is 2.46. The lowest BCUT2D eigenvalue weighted by Crippen LogP contribution is -2.36. The first-order valence-electron chi connectivity index (χ1n) is 8.05. The van der Waals surface area contributed by atoms with Crippen molar-refractivity contribution in [2.75, 3.05) is 44.7 Å². The monoisotopic (exact) mass is 356 g/mol. The average Bonchev–Trinajstić information content (AvgIpc) is 2.49. The van der Waals surface area contributed by atoms with Gasteiger partial charge in [0.15, 0.2) is 0 Å². The molecule has 0 aliphatic rings. The predicted octanol–water partition coefficient (Wildman–Crippen LogP) is 2.64. The molecule has 0 saturated heterocycles. The molecule has 24 heavy (non-hydrogen) atoms. The Morgan fingerprint density at radius 1 is 1.25 bits per heavy atom. The van der Waals surface area contributed by atoms with Crippen LogP contribution in [0, 0.1) is 0 Å². The van der Waals surface area contributed by atoms with Crippen LogP contribution >= 0.6 is 10.3 Å². The molecule has 0 aliphatic heterocycles. The van der Waals surface area contributed by atoms with Crippen molar-refractivity contribution < 1.29 is 14.1 Å². The van der Waals surface area contributed by atoms with Gasteiger partial charge in [-0.3, -0.25) is 4.79 Å². The normalized spacial score (nSPS) is 14.2. The van der Waals surface area contributed by atoms with E-state index in [0.717, 1.165) is 5.69 Å². The van der Waals surface area contributed by atoms with Gasteiger partial charge in [-0.1, -0.05) is 20.8 Å². The lowest BCUT2D eigenvalue weighted by molar-refractivity contribution is 0.0860. The highest BCUT2D eigenvalue weighted by Crippen LogP contribution is 2.53. The summed E-state index contributed by atoms with van der Waals surface area (Å²) in [6, 6.07) is 7.34. The number of hydrogen-bond acceptors (Lipinski definition) is 4. The molecule has 138 valence electrons. The minimum absolute atomic E-state index is 0.0458. The third-order valence-corrected chi connectivity index (χ3v) is 7.85. The van der Waals surface area contributed by atoms with E-state index in [1.54, 1.807) is 12.1 Å². The highest BCUT2D eigenvalue weighted by atomic mass is 32.3. The van der Waals surface area contributed by atoms with Crippen molar-refractivity contribution in [3.63, 3.8) is 0 Å². The summed E-state index contributed by atoms with van der Waals surface area (Å²) in [7, 11) is 2.63. The fourth-order valence-electron chi connectivity index (χ4n) is 1.71. The molecule has 1 aromatic carbocycles. The summed E-state index contributed by atoms with van der Waals surface area (Å²) in [6.07, 6.45) is 3.46. The van der Waals surface area contributed by atoms with Crippen molar-refractivity contribution in [1.29, 1.82) is 0 Å². The maximum Gasteiger partial charge on any atom is 0.251 e. The number of aliphatic hydroxyl groups is 1. The molecule has 2 N–H and O–H groups in total. The first kappa shape index (κ1) is 20.8. The fraction of sp³-hybridized carbons (Fsp3) is 0.611. The second-order valence-electron chi connectivity index (χ2n) is 7.44. The minimum Gasteiger partial charge on any atom is -0.389 e. The Morgan fingerprint density at radius 3 is 2.25 bits per heavy atom. The highest BCUT2D eigenvalue weighted by Gasteiger charge is 2.29. The predicted molar refractivity (Wildman–Crippen MR) is 104 cm³/mol. The van der Waals surface area contributed by atoms with Crippen LogP contribution in [0.5, 0.6) is 0 Å². The van der Waals surface area contributed by atoms with Gasteiger partial charge in [0.2, 0.25) is 0 Å². The summed E-state index contributed by atoms with van der Waals surface area (Å²) >= 11 is 0. The molecule has 0 heterocycles. The molecule has 1 amide bonds. The number of carbonyl (C=O) groups is 1. The summed E-state index contributed by atoms with van der Waals surface area (Å²) in [4.78, 5) is 14.1. The van der Waals surface area contributed by atoms with Gasteiger partial charge in [0, 0.05) is 36.6 Å². The lowest BCUT2D eigenvalue weighted by Gasteiger charge is -2.44. The summed E-state index contributed by atoms with van der Waals surface area (Å²) in [5.74, 6) is -0.193. The molecule has 0 spiro atoms. The third kappa shape index (κ3) is 6.00. The van der Waals surface area contributed by atoms with Crippen LogP contribution in [-0.4, -0.2) is 61.6 Å². The van der Waals surface area contributed by atoms with E-state index in [1.807, 2.05) is 31.1 Å². The van der Waals surface area contributed by atoms with Crippen molar-refractivity contribution in [3.05, 3.63) is 29.8 Å². The molecule has 5 nitrogen and oxygen atoms in total. The molecule has 0 saturated carbocycles. The Hall–Kier alpha value is -1.24. The topological polar surface area (TPSA) is 61.8 Å². The first-order chi connectivity index (χ1) is 10.9. The second kappa shape index (κ2) is 8.23. The number of hydrogen-bond donors (Lipinski definition) is 2. The van der Waals surface area contributed by atoms with Crippen LogP contribution in [0.4, 0.5) is 5.69 Å². The number of nitrogens with one attached hydrogen (secondary N) is 1. The van der Waals surface area contributed by atoms with E-state index in [0.29, 0.717) is 5.56 Å². The van der Waals surface area contributed by atoms with Gasteiger partial charge >= 0.3 is 0 Å². The van der Waals surface area contributed by atoms with Crippen LogP contribution in [0.15, 0.2) is 24.3 Å². The van der Waals surface area contributed by atoms with Crippen LogP contribution in [0.2, 0.25) is 0 Å². The molecule has 1 unspecified atom stereocenters. The molecule has 1 aromatic rings. The van der Waals surface area contributed by atoms with Gasteiger partial charge < -0.3 is 19.5 Å². The van der Waals surface area contributed by atoms with E-state index < -0.39 is 16.4 Å². The van der Waals surface area contributed by atoms with Crippen LogP contribution < -0.4 is 10.2 Å². The van der Waals surface area contributed by atoms with Gasteiger partial charge in [-0.05, 0) is 36.8 Å². The molecule has 1 rings (SSSR count). The maximum absolute atomic E-state index is 12.1. The number of carbonyl (C=O) groups excluding carboxylic acids is 1. The van der Waals surface area contributed by atoms with Crippen molar-refractivity contribution >= 4 is 21.9 Å². The molecule has 0 bridgehead atoms. The van der Waals surface area contributed by atoms with E-state index in [9.17, 15) is 9.90 Å². The second-order valence-corrected chi connectivity index (χ2v) is 11.4. The summed E-state index contributed by atoms with van der Waals surface area (Å²) in [6.45, 7) is 6.79. The van der Waals surface area contributed by atoms with Gasteiger partial charge in [0.25, 0.3) is 5.91 Å². The van der Waals surface area contributed by atoms with E-state index in [1.165, 1.54) is 0 Å². The Labute approximate surface area is 147 Å². The Kier molecular flexibility index (Phi) is 7.13. The average molecular weight is 357 g/mol. The number of rotatable bonds is 7. The van der Waals surface area contributed by atoms with Crippen molar-refractivity contribution in [1.82, 2.24) is 5.32 Å². The number of nitrogens with zero attached hydrogens (tertiary/aromatic N) is 1. The minimum atomic E-state index is -1.27. The Morgan fingerprint density at radius 2 is 1.79 bits per heavy atom. The smallest absolute Gasteiger partial charge is 0.251 e. The third-order valence-electron chi connectivity index (χ3n) is 4.17. The molecular weight excluding hydrogens is 324 g/mol. The van der Waals surface area contributed by atoms with Crippen LogP contribution in [-0.2, 0) is 4.18 Å². The molecule has 0 aliphatic carbocycles. The van der Waals surface area contributed by atoms with E-state index in [-0.39, 0.29) is 23.8 Å². The van der Waals surface area contributed by atoms with Gasteiger partial charge in [0.05, 0.1) is 12.7 Å². The highest BCUT2D eigenvalue weighted by molar-refractivity contribution is 8.29. The Bertz CT molecular complexity index is 536. The standard InChI is InChI=1S/C18H32N2O3S/c1-18(2,3)24(6,7)23-13-16(21)12-19-17(22)14-8-10-15(11-9-14)20(4)5/h8-11,16,21H,12-13H2,1-7H3,(H,19,22). The molecule has 0 radical (unpaired) electrons. The van der Waals surface area contributed by atoms with E-state index in [2.05, 4.69) is 38.6 Å². The van der Waals surface area contributed by atoms with Crippen molar-refractivity contribution in [3.8, 4) is 0 Å². The lowest BCUT2D eigenvalue weighted by atomic mass is 10.2. The number of amides is 1. The summed E-state index contributed by atoms with van der Waals surface area (Å²) < 4.78 is 5.96. The van der Waals surface area contributed by atoms with Gasteiger partial charge in [-0.15, -0.1) is 10.3 Å². The van der Waals surface area contributed by atoms with Gasteiger partial charge in [-0.2, -0.15) is 0 Å². The quantitative estimate of drug-likeness (QED) is 0.788. The summed E-state index contributed by atoms with van der Waals surface area (Å²) in [5, 5.41) is 12.8. The molecule has 6 heteroatoms. The number of benzene rings is 1. The van der Waals surface area contributed by atoms with E-state index in [4.69, 9.17) is 4.18 Å². The van der Waals surface area contributed by atoms with Crippen LogP contribution in [0.3, 0.4) is 0 Å². The number of anilines is 1.